The molecule has 0 aliphatic carbocycles. The molecule has 3 aromatic carbocycles. The Kier molecular flexibility index (Phi) is 4.79. The highest BCUT2D eigenvalue weighted by atomic mass is 32.1. The van der Waals surface area contributed by atoms with E-state index < -0.39 is 29.4 Å². The van der Waals surface area contributed by atoms with Gasteiger partial charge in [0.15, 0.2) is 5.13 Å². The van der Waals surface area contributed by atoms with E-state index in [2.05, 4.69) is 4.98 Å². The average Bonchev–Trinajstić information content (AvgIpc) is 3.32. The predicted octanol–water partition coefficient (Wildman–Crippen LogP) is 5.20. The smallest absolute Gasteiger partial charge is 0.301 e. The van der Waals surface area contributed by atoms with Crippen molar-refractivity contribution in [2.75, 3.05) is 4.90 Å². The van der Waals surface area contributed by atoms with E-state index in [0.717, 1.165) is 11.3 Å². The van der Waals surface area contributed by atoms with Crippen LogP contribution in [0.1, 0.15) is 17.2 Å². The van der Waals surface area contributed by atoms with E-state index in [1.165, 1.54) is 47.4 Å². The van der Waals surface area contributed by atoms with Crippen LogP contribution in [-0.4, -0.2) is 21.8 Å². The van der Waals surface area contributed by atoms with Crippen LogP contribution < -0.4 is 4.90 Å². The fraction of sp³-hybridized carbons (Fsp3) is 0.0417. The van der Waals surface area contributed by atoms with Crippen LogP contribution >= 0.6 is 11.3 Å². The minimum Gasteiger partial charge on any atom is -0.507 e. The fourth-order valence-electron chi connectivity index (χ4n) is 3.73. The molecule has 1 amide bonds. The number of hydrogen-bond donors (Lipinski definition) is 1. The molecule has 0 unspecified atom stereocenters. The summed E-state index contributed by atoms with van der Waals surface area (Å²) in [4.78, 5) is 31.7. The standard InChI is InChI=1S/C24H14F2N2O3S/c25-15-8-6-13(7-9-15)20-19(21(29)14-4-2-1-3-5-14)22(30)23(31)28(20)24-27-17-11-10-16(26)12-18(17)32-24/h1-12,20,29H/b21-19+/t20-/m1/s1. The van der Waals surface area contributed by atoms with Crippen LogP contribution in [0.25, 0.3) is 16.0 Å². The summed E-state index contributed by atoms with van der Waals surface area (Å²) in [5.74, 6) is -3.03. The summed E-state index contributed by atoms with van der Waals surface area (Å²) < 4.78 is 27.8. The van der Waals surface area contributed by atoms with Crippen molar-refractivity contribution < 1.29 is 23.5 Å². The van der Waals surface area contributed by atoms with Gasteiger partial charge in [0.25, 0.3) is 5.78 Å². The molecule has 1 atom stereocenters. The van der Waals surface area contributed by atoms with Gasteiger partial charge in [-0.1, -0.05) is 53.8 Å². The molecule has 4 aromatic rings. The summed E-state index contributed by atoms with van der Waals surface area (Å²) in [6.45, 7) is 0. The third kappa shape index (κ3) is 3.25. The van der Waals surface area contributed by atoms with Crippen molar-refractivity contribution in [2.45, 2.75) is 6.04 Å². The Morgan fingerprint density at radius 2 is 1.62 bits per heavy atom. The Hall–Kier alpha value is -3.91. The van der Waals surface area contributed by atoms with E-state index in [9.17, 15) is 23.5 Å². The van der Waals surface area contributed by atoms with Crippen molar-refractivity contribution in [1.29, 1.82) is 0 Å². The van der Waals surface area contributed by atoms with Gasteiger partial charge in [-0.2, -0.15) is 0 Å². The van der Waals surface area contributed by atoms with Gasteiger partial charge in [0.2, 0.25) is 0 Å². The summed E-state index contributed by atoms with van der Waals surface area (Å²) in [7, 11) is 0. The van der Waals surface area contributed by atoms with Crippen molar-refractivity contribution in [3.63, 3.8) is 0 Å². The maximum Gasteiger partial charge on any atom is 0.301 e. The van der Waals surface area contributed by atoms with Crippen LogP contribution in [0.4, 0.5) is 13.9 Å². The Morgan fingerprint density at radius 3 is 2.34 bits per heavy atom. The first kappa shape index (κ1) is 20.0. The minimum absolute atomic E-state index is 0.127. The number of aromatic nitrogens is 1. The molecular weight excluding hydrogens is 434 g/mol. The summed E-state index contributed by atoms with van der Waals surface area (Å²) in [6.07, 6.45) is 0. The second-order valence-electron chi connectivity index (χ2n) is 7.20. The maximum atomic E-state index is 13.7. The Bertz CT molecular complexity index is 1400. The largest absolute Gasteiger partial charge is 0.507 e. The van der Waals surface area contributed by atoms with Crippen LogP contribution in [0.2, 0.25) is 0 Å². The van der Waals surface area contributed by atoms with Crippen molar-refractivity contribution in [1.82, 2.24) is 4.98 Å². The molecule has 5 rings (SSSR count). The number of aliphatic hydroxyl groups is 1. The first-order chi connectivity index (χ1) is 15.4. The summed E-state index contributed by atoms with van der Waals surface area (Å²) in [5.41, 5.74) is 1.13. The highest BCUT2D eigenvalue weighted by Crippen LogP contribution is 2.44. The number of thiazole rings is 1. The second kappa shape index (κ2) is 7.65. The lowest BCUT2D eigenvalue weighted by molar-refractivity contribution is -0.132. The number of carbonyl (C=O) groups excluding carboxylic acids is 2. The first-order valence-corrected chi connectivity index (χ1v) is 10.4. The van der Waals surface area contributed by atoms with E-state index in [4.69, 9.17) is 0 Å². The van der Waals surface area contributed by atoms with Crippen molar-refractivity contribution in [2.24, 2.45) is 0 Å². The molecule has 0 saturated carbocycles. The SMILES string of the molecule is O=C1C(=O)N(c2nc3ccc(F)cc3s2)[C@H](c2ccc(F)cc2)/C1=C(\O)c1ccccc1. The lowest BCUT2D eigenvalue weighted by Gasteiger charge is -2.22. The topological polar surface area (TPSA) is 70.5 Å². The third-order valence-electron chi connectivity index (χ3n) is 5.22. The van der Waals surface area contributed by atoms with Gasteiger partial charge in [0.1, 0.15) is 17.4 Å². The lowest BCUT2D eigenvalue weighted by Crippen LogP contribution is -2.29. The molecule has 8 heteroatoms. The third-order valence-corrected chi connectivity index (χ3v) is 6.24. The van der Waals surface area contributed by atoms with Crippen LogP contribution in [0.15, 0.2) is 78.4 Å². The number of ketones is 1. The van der Waals surface area contributed by atoms with Gasteiger partial charge < -0.3 is 5.11 Å². The number of benzene rings is 3. The van der Waals surface area contributed by atoms with E-state index in [1.807, 2.05) is 0 Å². The maximum absolute atomic E-state index is 13.7. The molecule has 158 valence electrons. The summed E-state index contributed by atoms with van der Waals surface area (Å²) in [5, 5.41) is 11.2. The minimum atomic E-state index is -1.03. The first-order valence-electron chi connectivity index (χ1n) is 9.62. The van der Waals surface area contributed by atoms with Crippen molar-refractivity contribution >= 4 is 44.1 Å². The Balaban J connectivity index is 1.73. The molecule has 5 nitrogen and oxygen atoms in total. The molecular formula is C24H14F2N2O3S. The number of nitrogens with zero attached hydrogens (tertiary/aromatic N) is 2. The highest BCUT2D eigenvalue weighted by molar-refractivity contribution is 7.22. The van der Waals surface area contributed by atoms with Gasteiger partial charge in [0, 0.05) is 5.56 Å². The Morgan fingerprint density at radius 1 is 0.938 bits per heavy atom. The number of anilines is 1. The predicted molar refractivity (Wildman–Crippen MR) is 117 cm³/mol. The van der Waals surface area contributed by atoms with Crippen LogP contribution in [0.3, 0.4) is 0 Å². The molecule has 1 N–H and O–H groups in total. The van der Waals surface area contributed by atoms with E-state index in [0.29, 0.717) is 21.3 Å². The molecule has 1 aliphatic heterocycles. The number of carbonyl (C=O) groups is 2. The second-order valence-corrected chi connectivity index (χ2v) is 8.20. The zero-order valence-corrected chi connectivity index (χ0v) is 17.1. The van der Waals surface area contributed by atoms with E-state index >= 15 is 0 Å². The number of amides is 1. The molecule has 1 aliphatic rings. The van der Waals surface area contributed by atoms with Gasteiger partial charge in [0.05, 0.1) is 21.8 Å². The molecule has 0 radical (unpaired) electrons. The van der Waals surface area contributed by atoms with Crippen molar-refractivity contribution in [3.8, 4) is 0 Å². The van der Waals surface area contributed by atoms with Gasteiger partial charge >= 0.3 is 5.91 Å². The van der Waals surface area contributed by atoms with E-state index in [1.54, 1.807) is 30.3 Å². The van der Waals surface area contributed by atoms with E-state index in [-0.39, 0.29) is 16.5 Å². The van der Waals surface area contributed by atoms with Gasteiger partial charge in [-0.15, -0.1) is 0 Å². The number of halogens is 2. The Labute approximate surface area is 184 Å². The fourth-order valence-corrected chi connectivity index (χ4v) is 4.75. The summed E-state index contributed by atoms with van der Waals surface area (Å²) >= 11 is 1.05. The lowest BCUT2D eigenvalue weighted by atomic mass is 9.95. The summed E-state index contributed by atoms with van der Waals surface area (Å²) in [6, 6.07) is 16.7. The molecule has 1 aromatic heterocycles. The monoisotopic (exact) mass is 448 g/mol. The van der Waals surface area contributed by atoms with Crippen molar-refractivity contribution in [3.05, 3.63) is 101 Å². The number of fused-ring (bicyclic) bond motifs is 1. The quantitative estimate of drug-likeness (QED) is 0.266. The molecule has 32 heavy (non-hydrogen) atoms. The normalized spacial score (nSPS) is 17.9. The molecule has 1 fully saturated rings. The van der Waals surface area contributed by atoms with Gasteiger partial charge in [-0.3, -0.25) is 14.5 Å². The molecule has 2 heterocycles. The number of Topliss-reactive ketones (excluding diaryl/α,β-unsaturated/α-hetero) is 1. The zero-order chi connectivity index (χ0) is 22.4. The molecule has 0 spiro atoms. The van der Waals surface area contributed by atoms with Crippen LogP contribution in [0, 0.1) is 11.6 Å². The van der Waals surface area contributed by atoms with Gasteiger partial charge in [-0.25, -0.2) is 13.8 Å². The van der Waals surface area contributed by atoms with Crippen LogP contribution in [0.5, 0.6) is 0 Å². The molecule has 0 bridgehead atoms. The number of hydrogen-bond acceptors (Lipinski definition) is 5. The number of aliphatic hydroxyl groups excluding tert-OH is 1. The molecule has 1 saturated heterocycles. The highest BCUT2D eigenvalue weighted by Gasteiger charge is 2.48. The number of rotatable bonds is 3. The van der Waals surface area contributed by atoms with Crippen LogP contribution in [-0.2, 0) is 9.59 Å². The average molecular weight is 448 g/mol. The van der Waals surface area contributed by atoms with Gasteiger partial charge in [-0.05, 0) is 35.9 Å². The zero-order valence-electron chi connectivity index (χ0n) is 16.3.